The molecule has 214 valence electrons. The Kier molecular flexibility index (Phi) is 9.83. The molecule has 2 aromatic carbocycles. The van der Waals surface area contributed by atoms with Gasteiger partial charge in [0.25, 0.3) is 0 Å². The van der Waals surface area contributed by atoms with Crippen molar-refractivity contribution < 1.29 is 23.8 Å². The van der Waals surface area contributed by atoms with Crippen LogP contribution in [-0.2, 0) is 17.8 Å². The molecule has 6 heteroatoms. The van der Waals surface area contributed by atoms with Crippen molar-refractivity contribution >= 4 is 5.97 Å². The highest BCUT2D eigenvalue weighted by molar-refractivity contribution is 5.68. The standard InChI is InChI=1S/C34H42FNO4/c1-5-6-7-15-39-27-13-14-31(35)30(18-27)33-26(20-34(2,3)4)17-28(21-36-33)40-22-23-9-8-10-25(16-23)29(19-32(37)38)24-11-12-24/h8-10,13-14,16-18,21,24,29H,5-7,11-12,15,19-20,22H2,1-4H3,(H,37,38). The minimum Gasteiger partial charge on any atom is -0.494 e. The van der Waals surface area contributed by atoms with E-state index in [1.54, 1.807) is 18.3 Å². The van der Waals surface area contributed by atoms with Gasteiger partial charge in [0.1, 0.15) is 23.9 Å². The zero-order valence-corrected chi connectivity index (χ0v) is 24.2. The zero-order valence-electron chi connectivity index (χ0n) is 24.2. The maximum absolute atomic E-state index is 15.1. The number of halogens is 1. The monoisotopic (exact) mass is 547 g/mol. The van der Waals surface area contributed by atoms with Gasteiger partial charge in [-0.25, -0.2) is 4.39 Å². The third kappa shape index (κ3) is 8.54. The lowest BCUT2D eigenvalue weighted by molar-refractivity contribution is -0.137. The average molecular weight is 548 g/mol. The number of hydrogen-bond donors (Lipinski definition) is 1. The second-order valence-electron chi connectivity index (χ2n) is 12.2. The zero-order chi connectivity index (χ0) is 28.7. The van der Waals surface area contributed by atoms with Crippen LogP contribution in [0.3, 0.4) is 0 Å². The van der Waals surface area contributed by atoms with Crippen LogP contribution in [0.2, 0.25) is 0 Å². The Morgan fingerprint density at radius 2 is 1.88 bits per heavy atom. The molecule has 0 bridgehead atoms. The highest BCUT2D eigenvalue weighted by atomic mass is 19.1. The fourth-order valence-corrected chi connectivity index (χ4v) is 5.16. The van der Waals surface area contributed by atoms with E-state index >= 15 is 4.39 Å². The molecule has 5 nitrogen and oxygen atoms in total. The topological polar surface area (TPSA) is 68.7 Å². The van der Waals surface area contributed by atoms with Crippen LogP contribution in [0.1, 0.15) is 88.8 Å². The highest BCUT2D eigenvalue weighted by Crippen LogP contribution is 2.44. The Balaban J connectivity index is 1.54. The normalized spacial score (nSPS) is 14.1. The molecule has 0 spiro atoms. The van der Waals surface area contributed by atoms with Gasteiger partial charge < -0.3 is 14.6 Å². The first kappa shape index (κ1) is 29.6. The summed E-state index contributed by atoms with van der Waals surface area (Å²) in [5.41, 5.74) is 3.93. The Morgan fingerprint density at radius 3 is 2.58 bits per heavy atom. The number of hydrogen-bond acceptors (Lipinski definition) is 4. The van der Waals surface area contributed by atoms with E-state index in [1.807, 2.05) is 24.3 Å². The first-order valence-electron chi connectivity index (χ1n) is 14.5. The minimum atomic E-state index is -0.763. The third-order valence-electron chi connectivity index (χ3n) is 7.24. The largest absolute Gasteiger partial charge is 0.494 e. The lowest BCUT2D eigenvalue weighted by atomic mass is 9.86. The van der Waals surface area contributed by atoms with Crippen molar-refractivity contribution in [2.24, 2.45) is 11.3 Å². The molecule has 40 heavy (non-hydrogen) atoms. The van der Waals surface area contributed by atoms with Crippen molar-refractivity contribution in [1.29, 1.82) is 0 Å². The van der Waals surface area contributed by atoms with Crippen LogP contribution in [0, 0.1) is 17.2 Å². The van der Waals surface area contributed by atoms with Gasteiger partial charge in [-0.1, -0.05) is 64.8 Å². The lowest BCUT2D eigenvalue weighted by Gasteiger charge is -2.21. The summed E-state index contributed by atoms with van der Waals surface area (Å²) in [4.78, 5) is 16.1. The number of pyridine rings is 1. The molecule has 1 aliphatic rings. The second-order valence-corrected chi connectivity index (χ2v) is 12.2. The SMILES string of the molecule is CCCCCOc1ccc(F)c(-c2ncc(OCc3cccc(C(CC(=O)O)C4CC4)c3)cc2CC(C)(C)C)c1. The van der Waals surface area contributed by atoms with E-state index in [0.717, 1.165) is 48.8 Å². The summed E-state index contributed by atoms with van der Waals surface area (Å²) in [6, 6.07) is 14.9. The number of nitrogens with zero attached hydrogens (tertiary/aromatic N) is 1. The van der Waals surface area contributed by atoms with Crippen LogP contribution in [0.5, 0.6) is 11.5 Å². The number of carboxylic acids is 1. The van der Waals surface area contributed by atoms with E-state index in [4.69, 9.17) is 9.47 Å². The van der Waals surface area contributed by atoms with Gasteiger partial charge in [0.2, 0.25) is 0 Å². The first-order chi connectivity index (χ1) is 19.1. The summed E-state index contributed by atoms with van der Waals surface area (Å²) in [5, 5.41) is 9.38. The van der Waals surface area contributed by atoms with Crippen LogP contribution < -0.4 is 9.47 Å². The van der Waals surface area contributed by atoms with Crippen LogP contribution in [0.25, 0.3) is 11.3 Å². The van der Waals surface area contributed by atoms with Gasteiger partial charge in [-0.05, 0) is 83.9 Å². The molecule has 1 fully saturated rings. The first-order valence-corrected chi connectivity index (χ1v) is 14.5. The number of unbranched alkanes of at least 4 members (excludes halogenated alkanes) is 2. The fourth-order valence-electron chi connectivity index (χ4n) is 5.16. The summed E-state index contributed by atoms with van der Waals surface area (Å²) < 4.78 is 27.1. The van der Waals surface area contributed by atoms with E-state index in [9.17, 15) is 9.90 Å². The molecule has 0 aliphatic heterocycles. The quantitative estimate of drug-likeness (QED) is 0.205. The van der Waals surface area contributed by atoms with Crippen LogP contribution in [0.4, 0.5) is 4.39 Å². The summed E-state index contributed by atoms with van der Waals surface area (Å²) in [7, 11) is 0. The molecule has 0 saturated heterocycles. The molecule has 0 amide bonds. The molecular weight excluding hydrogens is 505 g/mol. The summed E-state index contributed by atoms with van der Waals surface area (Å²) >= 11 is 0. The van der Waals surface area contributed by atoms with E-state index in [-0.39, 0.29) is 23.6 Å². The number of ether oxygens (including phenoxy) is 2. The molecule has 1 heterocycles. The molecular formula is C34H42FNO4. The van der Waals surface area contributed by atoms with Crippen molar-refractivity contribution in [3.8, 4) is 22.8 Å². The van der Waals surface area contributed by atoms with Crippen molar-refractivity contribution in [1.82, 2.24) is 4.98 Å². The number of carbonyl (C=O) groups is 1. The van der Waals surface area contributed by atoms with Gasteiger partial charge in [-0.15, -0.1) is 0 Å². The number of rotatable bonds is 14. The molecule has 4 rings (SSSR count). The second kappa shape index (κ2) is 13.3. The lowest BCUT2D eigenvalue weighted by Crippen LogP contribution is -2.11. The van der Waals surface area contributed by atoms with Crippen molar-refractivity contribution in [3.63, 3.8) is 0 Å². The molecule has 1 aromatic heterocycles. The van der Waals surface area contributed by atoms with Gasteiger partial charge in [-0.3, -0.25) is 9.78 Å². The molecule has 1 atom stereocenters. The molecule has 1 N–H and O–H groups in total. The van der Waals surface area contributed by atoms with Gasteiger partial charge in [-0.2, -0.15) is 0 Å². The van der Waals surface area contributed by atoms with Crippen LogP contribution in [-0.4, -0.2) is 22.7 Å². The van der Waals surface area contributed by atoms with Crippen molar-refractivity contribution in [2.45, 2.75) is 85.2 Å². The van der Waals surface area contributed by atoms with Crippen molar-refractivity contribution in [3.05, 3.63) is 77.2 Å². The number of benzene rings is 2. The summed E-state index contributed by atoms with van der Waals surface area (Å²) in [5.74, 6) is 0.651. The van der Waals surface area contributed by atoms with Crippen molar-refractivity contribution in [2.75, 3.05) is 6.61 Å². The van der Waals surface area contributed by atoms with Crippen LogP contribution >= 0.6 is 0 Å². The van der Waals surface area contributed by atoms with E-state index in [1.165, 1.54) is 6.07 Å². The Hall–Kier alpha value is -3.41. The molecule has 1 saturated carbocycles. The molecule has 1 aliphatic carbocycles. The smallest absolute Gasteiger partial charge is 0.303 e. The Morgan fingerprint density at radius 1 is 1.07 bits per heavy atom. The third-order valence-corrected chi connectivity index (χ3v) is 7.24. The number of aliphatic carboxylic acids is 1. The predicted molar refractivity (Wildman–Crippen MR) is 156 cm³/mol. The fraction of sp³-hybridized carbons (Fsp3) is 0.471. The van der Waals surface area contributed by atoms with E-state index in [0.29, 0.717) is 48.3 Å². The number of aromatic nitrogens is 1. The van der Waals surface area contributed by atoms with E-state index in [2.05, 4.69) is 38.7 Å². The summed E-state index contributed by atoms with van der Waals surface area (Å²) in [6.07, 6.45) is 7.84. The van der Waals surface area contributed by atoms with Gasteiger partial charge in [0.15, 0.2) is 0 Å². The highest BCUT2D eigenvalue weighted by Gasteiger charge is 2.33. The molecule has 0 radical (unpaired) electrons. The maximum atomic E-state index is 15.1. The maximum Gasteiger partial charge on any atom is 0.303 e. The number of carboxylic acid groups (broad SMARTS) is 1. The molecule has 3 aromatic rings. The Bertz CT molecular complexity index is 1300. The average Bonchev–Trinajstić information content (AvgIpc) is 3.74. The van der Waals surface area contributed by atoms with Crippen LogP contribution in [0.15, 0.2) is 54.7 Å². The minimum absolute atomic E-state index is 0.0399. The predicted octanol–water partition coefficient (Wildman–Crippen LogP) is 8.59. The van der Waals surface area contributed by atoms with E-state index < -0.39 is 5.97 Å². The Labute approximate surface area is 237 Å². The van der Waals surface area contributed by atoms with Gasteiger partial charge in [0.05, 0.1) is 24.9 Å². The van der Waals surface area contributed by atoms with Gasteiger partial charge in [0, 0.05) is 5.56 Å². The molecule has 1 unspecified atom stereocenters. The summed E-state index contributed by atoms with van der Waals surface area (Å²) in [6.45, 7) is 9.53. The van der Waals surface area contributed by atoms with Gasteiger partial charge >= 0.3 is 5.97 Å².